The van der Waals surface area contributed by atoms with E-state index in [4.69, 9.17) is 0 Å². The van der Waals surface area contributed by atoms with Crippen molar-refractivity contribution >= 4 is 15.9 Å². The highest BCUT2D eigenvalue weighted by atomic mass is 79.9. The molecule has 5 heteroatoms. The lowest BCUT2D eigenvalue weighted by molar-refractivity contribution is 0.968. The number of aryl methyl sites for hydroxylation is 2. The van der Waals surface area contributed by atoms with E-state index in [0.717, 1.165) is 16.8 Å². The Hall–Kier alpha value is -1.49. The summed E-state index contributed by atoms with van der Waals surface area (Å²) in [6.45, 7) is 3.91. The van der Waals surface area contributed by atoms with Gasteiger partial charge in [0, 0.05) is 18.0 Å². The van der Waals surface area contributed by atoms with Gasteiger partial charge < -0.3 is 4.98 Å². The summed E-state index contributed by atoms with van der Waals surface area (Å²) >= 11 is 3.25. The van der Waals surface area contributed by atoms with Gasteiger partial charge in [0.05, 0.1) is 5.69 Å². The third-order valence-electron chi connectivity index (χ3n) is 2.54. The van der Waals surface area contributed by atoms with Crippen LogP contribution in [0.15, 0.2) is 27.7 Å². The molecule has 0 unspecified atom stereocenters. The maximum atomic E-state index is 11.7. The van der Waals surface area contributed by atoms with Crippen LogP contribution in [0.5, 0.6) is 0 Å². The lowest BCUT2D eigenvalue weighted by Gasteiger charge is -2.07. The van der Waals surface area contributed by atoms with E-state index >= 15 is 0 Å². The van der Waals surface area contributed by atoms with E-state index < -0.39 is 0 Å². The van der Waals surface area contributed by atoms with Gasteiger partial charge in [0.2, 0.25) is 0 Å². The number of H-pyrrole nitrogens is 1. The van der Waals surface area contributed by atoms with Gasteiger partial charge in [0.15, 0.2) is 0 Å². The van der Waals surface area contributed by atoms with Crippen molar-refractivity contribution in [2.45, 2.75) is 20.3 Å². The Morgan fingerprint density at radius 1 is 1.47 bits per heavy atom. The fourth-order valence-corrected chi connectivity index (χ4v) is 2.07. The molecule has 0 saturated heterocycles. The Morgan fingerprint density at radius 3 is 2.88 bits per heavy atom. The second kappa shape index (κ2) is 4.79. The van der Waals surface area contributed by atoms with Gasteiger partial charge in [-0.25, -0.2) is 4.98 Å². The van der Waals surface area contributed by atoms with E-state index in [0.29, 0.717) is 16.7 Å². The first kappa shape index (κ1) is 12.0. The minimum absolute atomic E-state index is 0.150. The molecule has 1 N–H and O–H groups in total. The lowest BCUT2D eigenvalue weighted by Crippen LogP contribution is -2.13. The number of aromatic amines is 1. The first-order valence-corrected chi connectivity index (χ1v) is 6.12. The minimum atomic E-state index is -0.150. The molecule has 2 aromatic rings. The molecule has 2 rings (SSSR count). The van der Waals surface area contributed by atoms with E-state index in [1.165, 1.54) is 0 Å². The third kappa shape index (κ3) is 2.29. The zero-order chi connectivity index (χ0) is 12.4. The number of hydrogen-bond donors (Lipinski definition) is 1. The average Bonchev–Trinajstić information content (AvgIpc) is 2.33. The van der Waals surface area contributed by atoms with Crippen molar-refractivity contribution < 1.29 is 0 Å². The summed E-state index contributed by atoms with van der Waals surface area (Å²) in [6.07, 6.45) is 4.15. The van der Waals surface area contributed by atoms with Crippen molar-refractivity contribution in [1.29, 1.82) is 0 Å². The summed E-state index contributed by atoms with van der Waals surface area (Å²) < 4.78 is 0.510. The summed E-state index contributed by atoms with van der Waals surface area (Å²) in [6, 6.07) is 1.85. The molecule has 0 aliphatic rings. The summed E-state index contributed by atoms with van der Waals surface area (Å²) in [7, 11) is 0. The molecule has 2 heterocycles. The topological polar surface area (TPSA) is 58.6 Å². The third-order valence-corrected chi connectivity index (χ3v) is 3.36. The summed E-state index contributed by atoms with van der Waals surface area (Å²) in [5.41, 5.74) is 2.50. The Kier molecular flexibility index (Phi) is 3.38. The minimum Gasteiger partial charge on any atom is -0.306 e. The van der Waals surface area contributed by atoms with Crippen LogP contribution in [0.2, 0.25) is 0 Å². The van der Waals surface area contributed by atoms with Gasteiger partial charge in [-0.1, -0.05) is 6.92 Å². The first-order valence-electron chi connectivity index (χ1n) is 5.33. The Balaban J connectivity index is 2.66. The van der Waals surface area contributed by atoms with E-state index in [2.05, 4.69) is 30.9 Å². The molecule has 4 nitrogen and oxygen atoms in total. The molecule has 0 amide bonds. The molecular weight excluding hydrogens is 282 g/mol. The lowest BCUT2D eigenvalue weighted by atomic mass is 10.1. The quantitative estimate of drug-likeness (QED) is 0.925. The number of aromatic nitrogens is 3. The number of halogens is 1. The molecule has 2 aromatic heterocycles. The molecule has 0 spiro atoms. The number of hydrogen-bond acceptors (Lipinski definition) is 3. The van der Waals surface area contributed by atoms with Crippen LogP contribution in [0.1, 0.15) is 18.2 Å². The fourth-order valence-electron chi connectivity index (χ4n) is 1.61. The summed E-state index contributed by atoms with van der Waals surface area (Å²) in [4.78, 5) is 23.0. The first-order chi connectivity index (χ1) is 8.13. The molecule has 88 valence electrons. The molecule has 0 aliphatic carbocycles. The SMILES string of the molecule is CCc1nc(-c2ccncc2C)[nH]c(=O)c1Br. The van der Waals surface area contributed by atoms with Gasteiger partial charge in [-0.2, -0.15) is 0 Å². The Morgan fingerprint density at radius 2 is 2.24 bits per heavy atom. The van der Waals surface area contributed by atoms with Crippen molar-refractivity contribution in [2.24, 2.45) is 0 Å². The Bertz CT molecular complexity index is 607. The zero-order valence-electron chi connectivity index (χ0n) is 9.62. The van der Waals surface area contributed by atoms with Gasteiger partial charge in [0.25, 0.3) is 5.56 Å². The van der Waals surface area contributed by atoms with Gasteiger partial charge in [-0.15, -0.1) is 0 Å². The molecule has 0 saturated carbocycles. The predicted octanol–water partition coefficient (Wildman–Crippen LogP) is 2.47. The number of nitrogens with one attached hydrogen (secondary N) is 1. The van der Waals surface area contributed by atoms with E-state index in [9.17, 15) is 4.79 Å². The average molecular weight is 294 g/mol. The second-order valence-corrected chi connectivity index (χ2v) is 4.51. The van der Waals surface area contributed by atoms with Crippen molar-refractivity contribution in [1.82, 2.24) is 15.0 Å². The van der Waals surface area contributed by atoms with Crippen molar-refractivity contribution in [3.63, 3.8) is 0 Å². The molecule has 0 aliphatic heterocycles. The zero-order valence-corrected chi connectivity index (χ0v) is 11.2. The van der Waals surface area contributed by atoms with Crippen molar-refractivity contribution in [3.8, 4) is 11.4 Å². The highest BCUT2D eigenvalue weighted by molar-refractivity contribution is 9.10. The number of pyridine rings is 1. The largest absolute Gasteiger partial charge is 0.306 e. The predicted molar refractivity (Wildman–Crippen MR) is 69.9 cm³/mol. The normalized spacial score (nSPS) is 10.5. The van der Waals surface area contributed by atoms with Crippen LogP contribution in [0.25, 0.3) is 11.4 Å². The van der Waals surface area contributed by atoms with Crippen LogP contribution in [0.3, 0.4) is 0 Å². The maximum Gasteiger partial charge on any atom is 0.265 e. The second-order valence-electron chi connectivity index (χ2n) is 3.72. The fraction of sp³-hybridized carbons (Fsp3) is 0.250. The Labute approximate surface area is 107 Å². The van der Waals surface area contributed by atoms with E-state index in [1.807, 2.05) is 19.9 Å². The molecule has 0 radical (unpaired) electrons. The summed E-state index contributed by atoms with van der Waals surface area (Å²) in [5.74, 6) is 0.593. The molecule has 0 fully saturated rings. The number of rotatable bonds is 2. The highest BCUT2D eigenvalue weighted by Crippen LogP contribution is 2.19. The van der Waals surface area contributed by atoms with Crippen LogP contribution in [0, 0.1) is 6.92 Å². The van der Waals surface area contributed by atoms with Gasteiger partial charge in [0.1, 0.15) is 10.3 Å². The number of nitrogens with zero attached hydrogens (tertiary/aromatic N) is 2. The van der Waals surface area contributed by atoms with E-state index in [1.54, 1.807) is 12.4 Å². The van der Waals surface area contributed by atoms with Gasteiger partial charge in [-0.3, -0.25) is 9.78 Å². The van der Waals surface area contributed by atoms with Crippen LogP contribution in [-0.2, 0) is 6.42 Å². The maximum absolute atomic E-state index is 11.7. The van der Waals surface area contributed by atoms with Crippen LogP contribution < -0.4 is 5.56 Å². The van der Waals surface area contributed by atoms with Crippen molar-refractivity contribution in [2.75, 3.05) is 0 Å². The molecular formula is C12H12BrN3O. The van der Waals surface area contributed by atoms with Gasteiger partial charge in [-0.05, 0) is 40.9 Å². The molecule has 0 atom stereocenters. The van der Waals surface area contributed by atoms with Crippen molar-refractivity contribution in [3.05, 3.63) is 44.5 Å². The summed E-state index contributed by atoms with van der Waals surface area (Å²) in [5, 5.41) is 0. The van der Waals surface area contributed by atoms with Gasteiger partial charge >= 0.3 is 0 Å². The van der Waals surface area contributed by atoms with Crippen LogP contribution in [-0.4, -0.2) is 15.0 Å². The standard InChI is InChI=1S/C12H12BrN3O/c1-3-9-10(13)12(17)16-11(15-9)8-4-5-14-6-7(8)2/h4-6H,3H2,1-2H3,(H,15,16,17). The van der Waals surface area contributed by atoms with Crippen LogP contribution in [0.4, 0.5) is 0 Å². The molecule has 0 bridgehead atoms. The highest BCUT2D eigenvalue weighted by Gasteiger charge is 2.10. The smallest absolute Gasteiger partial charge is 0.265 e. The van der Waals surface area contributed by atoms with E-state index in [-0.39, 0.29) is 5.56 Å². The van der Waals surface area contributed by atoms with Crippen LogP contribution >= 0.6 is 15.9 Å². The molecule has 17 heavy (non-hydrogen) atoms. The monoisotopic (exact) mass is 293 g/mol. The molecule has 0 aromatic carbocycles.